The lowest BCUT2D eigenvalue weighted by molar-refractivity contribution is -0.120. The first kappa shape index (κ1) is 13.0. The van der Waals surface area contributed by atoms with E-state index in [0.29, 0.717) is 19.3 Å². The van der Waals surface area contributed by atoms with Crippen LogP contribution in [0.5, 0.6) is 0 Å². The van der Waals surface area contributed by atoms with Crippen LogP contribution in [0.15, 0.2) is 0 Å². The molecule has 3 nitrogen and oxygen atoms in total. The number of carbonyl (C=O) groups excluding carboxylic acids is 1. The molecule has 15 heavy (non-hydrogen) atoms. The van der Waals surface area contributed by atoms with Crippen molar-refractivity contribution in [3.8, 4) is 0 Å². The van der Waals surface area contributed by atoms with Crippen molar-refractivity contribution < 1.29 is 9.53 Å². The number of hydrogen-bond acceptors (Lipinski definition) is 2. The molecule has 1 unspecified atom stereocenters. The molecule has 1 atom stereocenters. The van der Waals surface area contributed by atoms with Gasteiger partial charge in [-0.05, 0) is 19.8 Å². The number of halogens is 1. The average Bonchev–Trinajstić information content (AvgIpc) is 2.25. The number of hydrogen-bond donors (Lipinski definition) is 1. The molecule has 0 spiro atoms. The number of carbonyl (C=O) groups is 1. The summed E-state index contributed by atoms with van der Waals surface area (Å²) in [6.45, 7) is 3.07. The minimum atomic E-state index is -0.118. The Morgan fingerprint density at radius 3 is 2.73 bits per heavy atom. The van der Waals surface area contributed by atoms with E-state index < -0.39 is 0 Å². The van der Waals surface area contributed by atoms with E-state index in [1.807, 2.05) is 6.92 Å². The minimum Gasteiger partial charge on any atom is -0.376 e. The summed E-state index contributed by atoms with van der Waals surface area (Å²) in [4.78, 5) is 11.1. The highest BCUT2D eigenvalue weighted by Gasteiger charge is 2.13. The molecule has 0 aromatic rings. The van der Waals surface area contributed by atoms with Crippen LogP contribution in [-0.4, -0.2) is 30.0 Å². The van der Waals surface area contributed by atoms with Crippen LogP contribution in [0.25, 0.3) is 0 Å². The molecule has 1 aliphatic rings. The van der Waals surface area contributed by atoms with Crippen molar-refractivity contribution in [2.24, 2.45) is 0 Å². The zero-order valence-corrected chi connectivity index (χ0v) is 10.9. The fraction of sp³-hybridized carbons (Fsp3) is 0.909. The van der Waals surface area contributed by atoms with Gasteiger partial charge in [0.2, 0.25) is 5.91 Å². The highest BCUT2D eigenvalue weighted by Crippen LogP contribution is 2.19. The highest BCUT2D eigenvalue weighted by molar-refractivity contribution is 9.10. The lowest BCUT2D eigenvalue weighted by Gasteiger charge is -2.22. The SMILES string of the molecule is CC(Br)C(=O)NCCOC1CCCCC1. The van der Waals surface area contributed by atoms with Gasteiger partial charge in [-0.3, -0.25) is 4.79 Å². The maximum Gasteiger partial charge on any atom is 0.233 e. The lowest BCUT2D eigenvalue weighted by atomic mass is 9.98. The predicted octanol–water partition coefficient (Wildman–Crippen LogP) is 2.24. The summed E-state index contributed by atoms with van der Waals surface area (Å²) in [6, 6.07) is 0. The third-order valence-corrected chi connectivity index (χ3v) is 3.08. The standard InChI is InChI=1S/C11H20BrNO2/c1-9(12)11(14)13-7-8-15-10-5-3-2-4-6-10/h9-10H,2-8H2,1H3,(H,13,14). The third kappa shape index (κ3) is 5.52. The molecule has 1 N–H and O–H groups in total. The van der Waals surface area contributed by atoms with Crippen molar-refractivity contribution in [1.82, 2.24) is 5.32 Å². The second-order valence-electron chi connectivity index (χ2n) is 4.04. The van der Waals surface area contributed by atoms with Gasteiger partial charge in [0, 0.05) is 6.54 Å². The second-order valence-corrected chi connectivity index (χ2v) is 5.41. The molecule has 1 rings (SSSR count). The fourth-order valence-electron chi connectivity index (χ4n) is 1.77. The molecule has 0 aromatic heterocycles. The molecule has 1 amide bonds. The lowest BCUT2D eigenvalue weighted by Crippen LogP contribution is -2.33. The van der Waals surface area contributed by atoms with Crippen LogP contribution in [0.1, 0.15) is 39.0 Å². The van der Waals surface area contributed by atoms with E-state index in [0.717, 1.165) is 0 Å². The summed E-state index contributed by atoms with van der Waals surface area (Å²) in [5.74, 6) is 0.0299. The number of ether oxygens (including phenoxy) is 1. The van der Waals surface area contributed by atoms with Crippen molar-refractivity contribution >= 4 is 21.8 Å². The van der Waals surface area contributed by atoms with Crippen molar-refractivity contribution in [1.29, 1.82) is 0 Å². The first-order chi connectivity index (χ1) is 7.20. The maximum absolute atomic E-state index is 11.2. The Hall–Kier alpha value is -0.0900. The van der Waals surface area contributed by atoms with E-state index in [2.05, 4.69) is 21.2 Å². The fourth-order valence-corrected chi connectivity index (χ4v) is 1.93. The molecule has 1 aliphatic carbocycles. The van der Waals surface area contributed by atoms with Gasteiger partial charge in [-0.2, -0.15) is 0 Å². The van der Waals surface area contributed by atoms with Gasteiger partial charge in [-0.25, -0.2) is 0 Å². The van der Waals surface area contributed by atoms with E-state index >= 15 is 0 Å². The molecular formula is C11H20BrNO2. The van der Waals surface area contributed by atoms with Crippen LogP contribution in [0.2, 0.25) is 0 Å². The Kier molecular flexibility index (Phi) is 6.25. The van der Waals surface area contributed by atoms with Gasteiger partial charge in [-0.1, -0.05) is 35.2 Å². The Bertz CT molecular complexity index is 191. The van der Waals surface area contributed by atoms with E-state index in [1.165, 1.54) is 32.1 Å². The Morgan fingerprint density at radius 2 is 2.13 bits per heavy atom. The Morgan fingerprint density at radius 1 is 1.47 bits per heavy atom. The van der Waals surface area contributed by atoms with Gasteiger partial charge in [-0.15, -0.1) is 0 Å². The van der Waals surface area contributed by atoms with Crippen molar-refractivity contribution in [3.05, 3.63) is 0 Å². The first-order valence-corrected chi connectivity index (χ1v) is 6.65. The first-order valence-electron chi connectivity index (χ1n) is 5.73. The topological polar surface area (TPSA) is 38.3 Å². The molecule has 0 aliphatic heterocycles. The van der Waals surface area contributed by atoms with Crippen LogP contribution in [0.3, 0.4) is 0 Å². The molecule has 0 radical (unpaired) electrons. The van der Waals surface area contributed by atoms with Crippen molar-refractivity contribution in [2.75, 3.05) is 13.2 Å². The third-order valence-electron chi connectivity index (χ3n) is 2.67. The summed E-state index contributed by atoms with van der Waals surface area (Å²) >= 11 is 3.22. The highest BCUT2D eigenvalue weighted by atomic mass is 79.9. The van der Waals surface area contributed by atoms with Crippen LogP contribution in [-0.2, 0) is 9.53 Å². The predicted molar refractivity (Wildman–Crippen MR) is 64.2 cm³/mol. The van der Waals surface area contributed by atoms with Gasteiger partial charge in [0.05, 0.1) is 17.5 Å². The normalized spacial score (nSPS) is 19.9. The molecule has 0 bridgehead atoms. The molecule has 1 fully saturated rings. The number of rotatable bonds is 5. The average molecular weight is 278 g/mol. The molecule has 1 saturated carbocycles. The molecule has 88 valence electrons. The maximum atomic E-state index is 11.2. The molecule has 4 heteroatoms. The summed E-state index contributed by atoms with van der Waals surface area (Å²) in [5.41, 5.74) is 0. The summed E-state index contributed by atoms with van der Waals surface area (Å²) in [6.07, 6.45) is 6.71. The number of amides is 1. The van der Waals surface area contributed by atoms with Gasteiger partial charge >= 0.3 is 0 Å². The van der Waals surface area contributed by atoms with Gasteiger partial charge in [0.25, 0.3) is 0 Å². The summed E-state index contributed by atoms with van der Waals surface area (Å²) in [7, 11) is 0. The van der Waals surface area contributed by atoms with Gasteiger partial charge in [0.15, 0.2) is 0 Å². The molecule has 0 aromatic carbocycles. The summed E-state index contributed by atoms with van der Waals surface area (Å²) < 4.78 is 5.68. The zero-order chi connectivity index (χ0) is 11.1. The monoisotopic (exact) mass is 277 g/mol. The van der Waals surface area contributed by atoms with Crippen LogP contribution < -0.4 is 5.32 Å². The largest absolute Gasteiger partial charge is 0.376 e. The Labute approximate surface area is 100 Å². The van der Waals surface area contributed by atoms with Crippen LogP contribution >= 0.6 is 15.9 Å². The van der Waals surface area contributed by atoms with Crippen LogP contribution in [0, 0.1) is 0 Å². The van der Waals surface area contributed by atoms with E-state index in [9.17, 15) is 4.79 Å². The van der Waals surface area contributed by atoms with Gasteiger partial charge < -0.3 is 10.1 Å². The number of alkyl halides is 1. The second kappa shape index (κ2) is 7.23. The molecule has 0 heterocycles. The quantitative estimate of drug-likeness (QED) is 0.618. The van der Waals surface area contributed by atoms with Gasteiger partial charge in [0.1, 0.15) is 0 Å². The van der Waals surface area contributed by atoms with Crippen LogP contribution in [0.4, 0.5) is 0 Å². The smallest absolute Gasteiger partial charge is 0.233 e. The minimum absolute atomic E-state index is 0.0299. The zero-order valence-electron chi connectivity index (χ0n) is 9.30. The number of nitrogens with one attached hydrogen (secondary N) is 1. The van der Waals surface area contributed by atoms with Crippen molar-refractivity contribution in [2.45, 2.75) is 50.0 Å². The van der Waals surface area contributed by atoms with E-state index in [1.54, 1.807) is 0 Å². The molecule has 0 saturated heterocycles. The summed E-state index contributed by atoms with van der Waals surface area (Å²) in [5, 5.41) is 2.81. The Balaban J connectivity index is 1.98. The molecular weight excluding hydrogens is 258 g/mol. The van der Waals surface area contributed by atoms with E-state index in [-0.39, 0.29) is 10.7 Å². The van der Waals surface area contributed by atoms with Crippen molar-refractivity contribution in [3.63, 3.8) is 0 Å². The van der Waals surface area contributed by atoms with E-state index in [4.69, 9.17) is 4.74 Å².